The molecule has 25 heavy (non-hydrogen) atoms. The molecule has 12 heteroatoms. The number of nitrogens with zero attached hydrogens (tertiary/aromatic N) is 3. The van der Waals surface area contributed by atoms with E-state index in [1.165, 1.54) is 36.0 Å². The largest absolute Gasteiger partial charge is 0.477 e. The number of carbonyl (C=O) groups is 3. The number of thioether (sulfide) groups is 1. The van der Waals surface area contributed by atoms with Crippen molar-refractivity contribution in [3.63, 3.8) is 0 Å². The normalized spacial score (nSPS) is 22.6. The molecule has 1 aromatic heterocycles. The average Bonchev–Trinajstić information content (AvgIpc) is 3.02. The molecular formula is C13H13N5O5S2. The summed E-state index contributed by atoms with van der Waals surface area (Å²) < 4.78 is 0. The highest BCUT2D eigenvalue weighted by Gasteiger charge is 2.53. The van der Waals surface area contributed by atoms with Crippen molar-refractivity contribution in [1.29, 1.82) is 0 Å². The lowest BCUT2D eigenvalue weighted by atomic mass is 10.0. The van der Waals surface area contributed by atoms with Crippen molar-refractivity contribution >= 4 is 51.7 Å². The van der Waals surface area contributed by atoms with Crippen molar-refractivity contribution < 1.29 is 24.3 Å². The molecule has 1 saturated heterocycles. The number of nitrogen functional groups attached to an aromatic ring is 1. The number of carboxylic acid groups (broad SMARTS) is 1. The van der Waals surface area contributed by atoms with Crippen LogP contribution in [0.3, 0.4) is 0 Å². The number of aliphatic carboxylic acids is 1. The molecule has 132 valence electrons. The SMILES string of the molecule is CON=C(C(=O)N[C@@H]1C(=O)N2C(C(=O)O)=CCS[C@H]12)c1cnc(N)s1. The second kappa shape index (κ2) is 6.72. The summed E-state index contributed by atoms with van der Waals surface area (Å²) in [5, 5.41) is 15.2. The molecule has 4 N–H and O–H groups in total. The highest BCUT2D eigenvalue weighted by Crippen LogP contribution is 2.37. The van der Waals surface area contributed by atoms with Crippen LogP contribution in [0.1, 0.15) is 4.88 Å². The van der Waals surface area contributed by atoms with Crippen molar-refractivity contribution in [2.75, 3.05) is 18.6 Å². The summed E-state index contributed by atoms with van der Waals surface area (Å²) in [5.41, 5.74) is 5.43. The van der Waals surface area contributed by atoms with Crippen LogP contribution in [0.2, 0.25) is 0 Å². The zero-order valence-electron chi connectivity index (χ0n) is 12.8. The van der Waals surface area contributed by atoms with E-state index in [-0.39, 0.29) is 16.5 Å². The van der Waals surface area contributed by atoms with Crippen LogP contribution < -0.4 is 11.1 Å². The molecule has 1 aromatic rings. The molecule has 2 atom stereocenters. The van der Waals surface area contributed by atoms with Crippen molar-refractivity contribution in [1.82, 2.24) is 15.2 Å². The molecule has 0 aliphatic carbocycles. The fourth-order valence-electron chi connectivity index (χ4n) is 2.43. The van der Waals surface area contributed by atoms with E-state index in [0.29, 0.717) is 10.6 Å². The number of thiazole rings is 1. The van der Waals surface area contributed by atoms with Gasteiger partial charge in [0.2, 0.25) is 0 Å². The Labute approximate surface area is 149 Å². The summed E-state index contributed by atoms with van der Waals surface area (Å²) >= 11 is 2.42. The number of aromatic nitrogens is 1. The Bertz CT molecular complexity index is 804. The van der Waals surface area contributed by atoms with Crippen LogP contribution in [0, 0.1) is 0 Å². The summed E-state index contributed by atoms with van der Waals surface area (Å²) in [4.78, 5) is 46.0. The number of carboxylic acids is 1. The van der Waals surface area contributed by atoms with E-state index >= 15 is 0 Å². The third kappa shape index (κ3) is 3.05. The Balaban J connectivity index is 1.75. The number of β-lactam (4-membered cyclic amide) rings is 1. The molecule has 2 amide bonds. The van der Waals surface area contributed by atoms with Crippen LogP contribution in [0.15, 0.2) is 23.1 Å². The molecule has 10 nitrogen and oxygen atoms in total. The Kier molecular flexibility index (Phi) is 4.63. The fourth-order valence-corrected chi connectivity index (χ4v) is 4.29. The van der Waals surface area contributed by atoms with Crippen molar-refractivity contribution in [3.8, 4) is 0 Å². The molecule has 0 aromatic carbocycles. The lowest BCUT2D eigenvalue weighted by Crippen LogP contribution is -2.70. The molecule has 2 aliphatic heterocycles. The van der Waals surface area contributed by atoms with E-state index in [2.05, 4.69) is 20.3 Å². The number of nitrogens with one attached hydrogen (secondary N) is 1. The maximum atomic E-state index is 12.5. The number of rotatable bonds is 5. The van der Waals surface area contributed by atoms with Gasteiger partial charge in [0.25, 0.3) is 11.8 Å². The van der Waals surface area contributed by atoms with Gasteiger partial charge in [-0.1, -0.05) is 16.5 Å². The van der Waals surface area contributed by atoms with Gasteiger partial charge in [0.15, 0.2) is 10.8 Å². The number of anilines is 1. The minimum Gasteiger partial charge on any atom is -0.477 e. The van der Waals surface area contributed by atoms with Crippen molar-refractivity contribution in [2.45, 2.75) is 11.4 Å². The van der Waals surface area contributed by atoms with Crippen molar-refractivity contribution in [2.24, 2.45) is 5.16 Å². The molecule has 0 bridgehead atoms. The van der Waals surface area contributed by atoms with Gasteiger partial charge in [-0.05, 0) is 6.08 Å². The quantitative estimate of drug-likeness (QED) is 0.348. The van der Waals surface area contributed by atoms with Crippen molar-refractivity contribution in [3.05, 3.63) is 22.8 Å². The van der Waals surface area contributed by atoms with Crippen LogP contribution in [-0.2, 0) is 19.2 Å². The maximum Gasteiger partial charge on any atom is 0.352 e. The van der Waals surface area contributed by atoms with Gasteiger partial charge in [0.1, 0.15) is 24.2 Å². The van der Waals surface area contributed by atoms with Crippen LogP contribution in [-0.4, -0.2) is 62.8 Å². The van der Waals surface area contributed by atoms with Gasteiger partial charge in [-0.25, -0.2) is 9.78 Å². The van der Waals surface area contributed by atoms with E-state index in [9.17, 15) is 14.4 Å². The van der Waals surface area contributed by atoms with E-state index in [1.54, 1.807) is 0 Å². The number of fused-ring (bicyclic) bond motifs is 1. The van der Waals surface area contributed by atoms with E-state index in [0.717, 1.165) is 11.3 Å². The smallest absolute Gasteiger partial charge is 0.352 e. The first-order valence-corrected chi connectivity index (χ1v) is 8.82. The number of carbonyl (C=O) groups excluding carboxylic acids is 2. The second-order valence-electron chi connectivity index (χ2n) is 4.96. The Morgan fingerprint density at radius 1 is 1.56 bits per heavy atom. The number of oxime groups is 1. The predicted molar refractivity (Wildman–Crippen MR) is 90.8 cm³/mol. The first-order chi connectivity index (χ1) is 11.9. The summed E-state index contributed by atoms with van der Waals surface area (Å²) in [7, 11) is 1.29. The average molecular weight is 383 g/mol. The van der Waals surface area contributed by atoms with Crippen LogP contribution in [0.25, 0.3) is 0 Å². The first kappa shape index (κ1) is 17.2. The Morgan fingerprint density at radius 2 is 2.32 bits per heavy atom. The van der Waals surface area contributed by atoms with Gasteiger partial charge in [-0.2, -0.15) is 0 Å². The standard InChI is InChI=1S/C13H13N5O5S2/c1-23-17-7(6-4-15-13(14)25-6)9(19)16-8-10(20)18-5(12(21)22)2-3-24-11(8)18/h2,4,8,11H,3H2,1H3,(H2,14,15)(H,16,19)(H,21,22)/t8-,11-/m1/s1. The zero-order chi connectivity index (χ0) is 18.1. The third-order valence-corrected chi connectivity index (χ3v) is 5.52. The molecular weight excluding hydrogens is 370 g/mol. The summed E-state index contributed by atoms with van der Waals surface area (Å²) in [6.07, 6.45) is 2.85. The van der Waals surface area contributed by atoms with E-state index in [1.807, 2.05) is 0 Å². The summed E-state index contributed by atoms with van der Waals surface area (Å²) in [5.74, 6) is -1.85. The molecule has 3 heterocycles. The van der Waals surface area contributed by atoms with Gasteiger partial charge >= 0.3 is 5.97 Å². The Morgan fingerprint density at radius 3 is 2.92 bits per heavy atom. The molecule has 0 spiro atoms. The molecule has 0 saturated carbocycles. The van der Waals surface area contributed by atoms with Gasteiger partial charge < -0.3 is 21.0 Å². The topological polar surface area (TPSA) is 147 Å². The highest BCUT2D eigenvalue weighted by atomic mass is 32.2. The third-order valence-electron chi connectivity index (χ3n) is 3.51. The Hall–Kier alpha value is -2.60. The summed E-state index contributed by atoms with van der Waals surface area (Å²) in [6.45, 7) is 0. The number of hydrogen-bond donors (Lipinski definition) is 3. The van der Waals surface area contributed by atoms with E-state index < -0.39 is 29.2 Å². The first-order valence-electron chi connectivity index (χ1n) is 6.96. The second-order valence-corrected chi connectivity index (χ2v) is 7.17. The summed E-state index contributed by atoms with van der Waals surface area (Å²) in [6, 6.07) is -0.840. The highest BCUT2D eigenvalue weighted by molar-refractivity contribution is 8.00. The lowest BCUT2D eigenvalue weighted by molar-refractivity contribution is -0.150. The molecule has 0 unspecified atom stereocenters. The molecule has 0 radical (unpaired) electrons. The minimum absolute atomic E-state index is 0.0576. The monoisotopic (exact) mass is 383 g/mol. The molecule has 1 fully saturated rings. The van der Waals surface area contributed by atoms with Crippen LogP contribution in [0.4, 0.5) is 5.13 Å². The van der Waals surface area contributed by atoms with Crippen LogP contribution >= 0.6 is 23.1 Å². The van der Waals surface area contributed by atoms with Gasteiger partial charge in [-0.15, -0.1) is 11.8 Å². The number of hydrogen-bond acceptors (Lipinski definition) is 9. The van der Waals surface area contributed by atoms with Gasteiger partial charge in [-0.3, -0.25) is 14.5 Å². The van der Waals surface area contributed by atoms with Crippen LogP contribution in [0.5, 0.6) is 0 Å². The minimum atomic E-state index is -1.18. The molecule has 3 rings (SSSR count). The zero-order valence-corrected chi connectivity index (χ0v) is 14.5. The number of amides is 2. The fraction of sp³-hybridized carbons (Fsp3) is 0.308. The van der Waals surface area contributed by atoms with Gasteiger partial charge in [0, 0.05) is 11.9 Å². The van der Waals surface area contributed by atoms with Gasteiger partial charge in [0.05, 0.1) is 4.88 Å². The maximum absolute atomic E-state index is 12.5. The molecule has 2 aliphatic rings. The lowest BCUT2D eigenvalue weighted by Gasteiger charge is -2.48. The predicted octanol–water partition coefficient (Wildman–Crippen LogP) is -0.556. The van der Waals surface area contributed by atoms with E-state index in [4.69, 9.17) is 10.8 Å². The number of nitrogens with two attached hydrogens (primary N) is 1.